The predicted molar refractivity (Wildman–Crippen MR) is 75.4 cm³/mol. The average Bonchev–Trinajstić information content (AvgIpc) is 3.15. The van der Waals surface area contributed by atoms with Gasteiger partial charge in [-0.25, -0.2) is 14.8 Å². The van der Waals surface area contributed by atoms with Crippen LogP contribution in [0.5, 0.6) is 0 Å². The van der Waals surface area contributed by atoms with Crippen LogP contribution in [0, 0.1) is 6.92 Å². The van der Waals surface area contributed by atoms with Crippen molar-refractivity contribution in [2.24, 2.45) is 0 Å². The lowest BCUT2D eigenvalue weighted by Gasteiger charge is -2.22. The van der Waals surface area contributed by atoms with Crippen molar-refractivity contribution >= 4 is 11.9 Å². The third-order valence-corrected chi connectivity index (χ3v) is 3.69. The normalized spacial score (nSPS) is 17.7. The second-order valence-corrected chi connectivity index (χ2v) is 5.20. The number of aromatic nitrogens is 2. The highest BCUT2D eigenvalue weighted by atomic mass is 16.4. The summed E-state index contributed by atoms with van der Waals surface area (Å²) in [5.41, 5.74) is -0.0450. The second-order valence-electron chi connectivity index (χ2n) is 5.20. The number of carboxylic acid groups (broad SMARTS) is 1. The van der Waals surface area contributed by atoms with E-state index in [2.05, 4.69) is 9.97 Å². The topological polar surface area (TPSA) is 96.5 Å². The van der Waals surface area contributed by atoms with Crippen molar-refractivity contribution in [3.63, 3.8) is 0 Å². The highest BCUT2D eigenvalue weighted by Gasteiger charge is 2.33. The molecule has 2 aromatic rings. The SMILES string of the molecule is Cc1ccc(C2CCCN2C(=O)c2cnc(C(=O)O)cn2)o1. The summed E-state index contributed by atoms with van der Waals surface area (Å²) in [5, 5.41) is 8.81. The smallest absolute Gasteiger partial charge is 0.356 e. The predicted octanol–water partition coefficient (Wildman–Crippen LogP) is 2.05. The standard InChI is InChI=1S/C15H15N3O4/c1-9-4-5-13(22-9)12-3-2-6-18(12)14(19)10-7-17-11(8-16-10)15(20)21/h4-5,7-8,12H,2-3,6H2,1H3,(H,20,21). The summed E-state index contributed by atoms with van der Waals surface area (Å²) < 4.78 is 5.63. The molecule has 1 amide bonds. The van der Waals surface area contributed by atoms with E-state index < -0.39 is 5.97 Å². The molecule has 0 saturated carbocycles. The monoisotopic (exact) mass is 301 g/mol. The van der Waals surface area contributed by atoms with Crippen LogP contribution >= 0.6 is 0 Å². The van der Waals surface area contributed by atoms with Crippen molar-refractivity contribution in [1.82, 2.24) is 14.9 Å². The van der Waals surface area contributed by atoms with Gasteiger partial charge in [0.15, 0.2) is 5.69 Å². The summed E-state index contributed by atoms with van der Waals surface area (Å²) in [7, 11) is 0. The molecule has 3 rings (SSSR count). The fraction of sp³-hybridized carbons (Fsp3) is 0.333. The number of hydrogen-bond acceptors (Lipinski definition) is 5. The summed E-state index contributed by atoms with van der Waals surface area (Å²) in [5.74, 6) is 0.135. The van der Waals surface area contributed by atoms with Gasteiger partial charge in [0, 0.05) is 6.54 Å². The molecule has 1 fully saturated rings. The van der Waals surface area contributed by atoms with Crippen molar-refractivity contribution in [2.45, 2.75) is 25.8 Å². The Morgan fingerprint density at radius 3 is 2.59 bits per heavy atom. The molecule has 1 aliphatic rings. The molecule has 0 aliphatic carbocycles. The van der Waals surface area contributed by atoms with Gasteiger partial charge in [-0.2, -0.15) is 0 Å². The summed E-state index contributed by atoms with van der Waals surface area (Å²) in [6.07, 6.45) is 4.02. The van der Waals surface area contributed by atoms with Crippen LogP contribution in [-0.2, 0) is 0 Å². The summed E-state index contributed by atoms with van der Waals surface area (Å²) >= 11 is 0. The fourth-order valence-corrected chi connectivity index (χ4v) is 2.63. The summed E-state index contributed by atoms with van der Waals surface area (Å²) in [6, 6.07) is 3.64. The molecule has 22 heavy (non-hydrogen) atoms. The lowest BCUT2D eigenvalue weighted by molar-refractivity contribution is 0.0681. The van der Waals surface area contributed by atoms with E-state index in [1.54, 1.807) is 4.90 Å². The molecular weight excluding hydrogens is 286 g/mol. The minimum atomic E-state index is -1.17. The van der Waals surface area contributed by atoms with Gasteiger partial charge in [0.25, 0.3) is 5.91 Å². The maximum atomic E-state index is 12.6. The molecule has 1 atom stereocenters. The lowest BCUT2D eigenvalue weighted by atomic mass is 10.1. The van der Waals surface area contributed by atoms with Crippen molar-refractivity contribution < 1.29 is 19.1 Å². The Morgan fingerprint density at radius 2 is 2.00 bits per heavy atom. The number of rotatable bonds is 3. The van der Waals surface area contributed by atoms with Crippen LogP contribution < -0.4 is 0 Å². The number of furan rings is 1. The van der Waals surface area contributed by atoms with E-state index in [4.69, 9.17) is 9.52 Å². The zero-order chi connectivity index (χ0) is 15.7. The first-order valence-corrected chi connectivity index (χ1v) is 6.99. The van der Waals surface area contributed by atoms with Crippen LogP contribution in [0.4, 0.5) is 0 Å². The van der Waals surface area contributed by atoms with Gasteiger partial charge in [-0.3, -0.25) is 4.79 Å². The van der Waals surface area contributed by atoms with Crippen molar-refractivity contribution in [3.8, 4) is 0 Å². The van der Waals surface area contributed by atoms with Gasteiger partial charge >= 0.3 is 5.97 Å². The molecule has 0 aromatic carbocycles. The van der Waals surface area contributed by atoms with E-state index in [0.29, 0.717) is 6.54 Å². The number of carbonyl (C=O) groups excluding carboxylic acids is 1. The van der Waals surface area contributed by atoms with Crippen LogP contribution in [0.25, 0.3) is 0 Å². The third-order valence-electron chi connectivity index (χ3n) is 3.69. The number of carbonyl (C=O) groups is 2. The Hall–Kier alpha value is -2.70. The number of likely N-dealkylation sites (tertiary alicyclic amines) is 1. The largest absolute Gasteiger partial charge is 0.476 e. The molecule has 2 aromatic heterocycles. The first kappa shape index (κ1) is 14.2. The molecule has 114 valence electrons. The van der Waals surface area contributed by atoms with Gasteiger partial charge in [0.1, 0.15) is 17.2 Å². The van der Waals surface area contributed by atoms with Gasteiger partial charge in [-0.1, -0.05) is 0 Å². The Balaban J connectivity index is 1.82. The van der Waals surface area contributed by atoms with Crippen LogP contribution in [-0.4, -0.2) is 38.4 Å². The number of hydrogen-bond donors (Lipinski definition) is 1. The maximum Gasteiger partial charge on any atom is 0.356 e. The second kappa shape index (κ2) is 5.59. The Kier molecular flexibility index (Phi) is 3.62. The number of carboxylic acids is 1. The highest BCUT2D eigenvalue weighted by Crippen LogP contribution is 2.33. The Morgan fingerprint density at radius 1 is 1.27 bits per heavy atom. The molecule has 3 heterocycles. The Bertz CT molecular complexity index is 708. The first-order chi connectivity index (χ1) is 10.6. The molecule has 1 unspecified atom stereocenters. The van der Waals surface area contributed by atoms with Crippen LogP contribution in [0.15, 0.2) is 28.9 Å². The van der Waals surface area contributed by atoms with E-state index in [-0.39, 0.29) is 23.3 Å². The molecule has 0 radical (unpaired) electrons. The molecule has 7 nitrogen and oxygen atoms in total. The minimum Gasteiger partial charge on any atom is -0.476 e. The number of amides is 1. The highest BCUT2D eigenvalue weighted by molar-refractivity contribution is 5.93. The quantitative estimate of drug-likeness (QED) is 0.932. The van der Waals surface area contributed by atoms with Crippen LogP contribution in [0.2, 0.25) is 0 Å². The van der Waals surface area contributed by atoms with Gasteiger partial charge in [0.2, 0.25) is 0 Å². The number of aromatic carboxylic acids is 1. The third kappa shape index (κ3) is 2.57. The number of aryl methyl sites for hydroxylation is 1. The molecule has 1 N–H and O–H groups in total. The lowest BCUT2D eigenvalue weighted by Crippen LogP contribution is -2.31. The molecule has 1 aliphatic heterocycles. The van der Waals surface area contributed by atoms with E-state index in [9.17, 15) is 9.59 Å². The minimum absolute atomic E-state index is 0.109. The summed E-state index contributed by atoms with van der Waals surface area (Å²) in [6.45, 7) is 2.48. The first-order valence-electron chi connectivity index (χ1n) is 6.99. The van der Waals surface area contributed by atoms with Crippen molar-refractivity contribution in [3.05, 3.63) is 47.4 Å². The van der Waals surface area contributed by atoms with Gasteiger partial charge in [-0.05, 0) is 31.9 Å². The molecular formula is C15H15N3O4. The zero-order valence-corrected chi connectivity index (χ0v) is 12.0. The average molecular weight is 301 g/mol. The molecule has 1 saturated heterocycles. The van der Waals surface area contributed by atoms with Crippen molar-refractivity contribution in [1.29, 1.82) is 0 Å². The zero-order valence-electron chi connectivity index (χ0n) is 12.0. The van der Waals surface area contributed by atoms with E-state index >= 15 is 0 Å². The van der Waals surface area contributed by atoms with Gasteiger partial charge in [-0.15, -0.1) is 0 Å². The van der Waals surface area contributed by atoms with Crippen LogP contribution in [0.3, 0.4) is 0 Å². The van der Waals surface area contributed by atoms with Gasteiger partial charge < -0.3 is 14.4 Å². The van der Waals surface area contributed by atoms with Gasteiger partial charge in [0.05, 0.1) is 18.4 Å². The van der Waals surface area contributed by atoms with Crippen molar-refractivity contribution in [2.75, 3.05) is 6.54 Å². The Labute approximate surface area is 126 Å². The molecule has 0 spiro atoms. The molecule has 7 heteroatoms. The van der Waals surface area contributed by atoms with Crippen LogP contribution in [0.1, 0.15) is 51.4 Å². The molecule has 0 bridgehead atoms. The van der Waals surface area contributed by atoms with E-state index in [1.807, 2.05) is 19.1 Å². The number of nitrogens with zero attached hydrogens (tertiary/aromatic N) is 3. The summed E-state index contributed by atoms with van der Waals surface area (Å²) in [4.78, 5) is 32.7. The van der Waals surface area contributed by atoms with E-state index in [1.165, 1.54) is 6.20 Å². The fourth-order valence-electron chi connectivity index (χ4n) is 2.63. The maximum absolute atomic E-state index is 12.6. The van der Waals surface area contributed by atoms with E-state index in [0.717, 1.165) is 30.6 Å².